The molecule has 0 amide bonds. The summed E-state index contributed by atoms with van der Waals surface area (Å²) in [5.74, 6) is 0.924. The van der Waals surface area contributed by atoms with Crippen molar-refractivity contribution < 1.29 is 4.74 Å². The molecular weight excluding hydrogens is 308 g/mol. The van der Waals surface area contributed by atoms with Gasteiger partial charge in [0.05, 0.1) is 17.8 Å². The van der Waals surface area contributed by atoms with E-state index in [1.807, 2.05) is 20.0 Å². The number of aromatic nitrogens is 3. The zero-order chi connectivity index (χ0) is 16.4. The van der Waals surface area contributed by atoms with Crippen molar-refractivity contribution in [3.8, 4) is 0 Å². The molecule has 0 aliphatic rings. The molecule has 1 atom stereocenters. The van der Waals surface area contributed by atoms with E-state index in [0.29, 0.717) is 6.54 Å². The van der Waals surface area contributed by atoms with E-state index in [2.05, 4.69) is 44.3 Å². The maximum atomic E-state index is 5.32. The molecule has 5 nitrogen and oxygen atoms in total. The Bertz CT molecular complexity index is 817. The first kappa shape index (κ1) is 15.8. The van der Waals surface area contributed by atoms with E-state index in [4.69, 9.17) is 4.74 Å². The predicted octanol–water partition coefficient (Wildman–Crippen LogP) is 3.74. The Morgan fingerprint density at radius 1 is 1.30 bits per heavy atom. The third kappa shape index (κ3) is 3.18. The van der Waals surface area contributed by atoms with Gasteiger partial charge in [0, 0.05) is 24.9 Å². The number of hydrogen-bond acceptors (Lipinski definition) is 6. The molecule has 2 aromatic heterocycles. The summed E-state index contributed by atoms with van der Waals surface area (Å²) < 4.78 is 5.32. The molecule has 0 spiro atoms. The molecule has 1 unspecified atom stereocenters. The zero-order valence-electron chi connectivity index (χ0n) is 13.8. The van der Waals surface area contributed by atoms with Crippen LogP contribution >= 0.6 is 11.3 Å². The number of anilines is 1. The standard InChI is InChI=1S/C17H20N4OS/c1-11-6-5-7-14-15(11)18-10-19-16(14)21(3)8-13-9-23-17(20-13)12(2)22-4/h5-7,9-10,12H,8H2,1-4H3. The molecule has 3 rings (SSSR count). The van der Waals surface area contributed by atoms with Gasteiger partial charge < -0.3 is 9.64 Å². The fourth-order valence-electron chi connectivity index (χ4n) is 2.53. The van der Waals surface area contributed by atoms with Crippen molar-refractivity contribution in [2.24, 2.45) is 0 Å². The van der Waals surface area contributed by atoms with Crippen LogP contribution in [-0.4, -0.2) is 29.1 Å². The van der Waals surface area contributed by atoms with Gasteiger partial charge in [-0.15, -0.1) is 11.3 Å². The molecular formula is C17H20N4OS. The summed E-state index contributed by atoms with van der Waals surface area (Å²) >= 11 is 1.63. The number of aryl methyl sites for hydroxylation is 1. The number of fused-ring (bicyclic) bond motifs is 1. The van der Waals surface area contributed by atoms with Gasteiger partial charge in [-0.3, -0.25) is 0 Å². The number of para-hydroxylation sites is 1. The summed E-state index contributed by atoms with van der Waals surface area (Å²) in [5, 5.41) is 4.14. The zero-order valence-corrected chi connectivity index (χ0v) is 14.6. The maximum Gasteiger partial charge on any atom is 0.139 e. The van der Waals surface area contributed by atoms with Crippen LogP contribution in [-0.2, 0) is 11.3 Å². The molecule has 0 saturated heterocycles. The number of rotatable bonds is 5. The second-order valence-corrected chi connectivity index (χ2v) is 6.47. The van der Waals surface area contributed by atoms with E-state index in [9.17, 15) is 0 Å². The van der Waals surface area contributed by atoms with E-state index in [-0.39, 0.29) is 6.10 Å². The second kappa shape index (κ2) is 6.60. The highest BCUT2D eigenvalue weighted by atomic mass is 32.1. The Morgan fingerprint density at radius 2 is 2.13 bits per heavy atom. The first-order chi connectivity index (χ1) is 11.1. The molecule has 120 valence electrons. The SMILES string of the molecule is COC(C)c1nc(CN(C)c2ncnc3c(C)cccc23)cs1. The van der Waals surface area contributed by atoms with Crippen molar-refractivity contribution in [2.75, 3.05) is 19.1 Å². The summed E-state index contributed by atoms with van der Waals surface area (Å²) in [6, 6.07) is 6.17. The quantitative estimate of drug-likeness (QED) is 0.714. The van der Waals surface area contributed by atoms with E-state index in [1.54, 1.807) is 24.8 Å². The highest BCUT2D eigenvalue weighted by Crippen LogP contribution is 2.26. The van der Waals surface area contributed by atoms with Gasteiger partial charge in [-0.1, -0.05) is 12.1 Å². The van der Waals surface area contributed by atoms with Gasteiger partial charge in [-0.2, -0.15) is 0 Å². The van der Waals surface area contributed by atoms with Crippen LogP contribution in [0.5, 0.6) is 0 Å². The Kier molecular flexibility index (Phi) is 4.54. The number of hydrogen-bond donors (Lipinski definition) is 0. The highest BCUT2D eigenvalue weighted by molar-refractivity contribution is 7.09. The van der Waals surface area contributed by atoms with Crippen LogP contribution in [0, 0.1) is 6.92 Å². The minimum absolute atomic E-state index is 0.0292. The van der Waals surface area contributed by atoms with E-state index in [0.717, 1.165) is 33.0 Å². The highest BCUT2D eigenvalue weighted by Gasteiger charge is 2.13. The smallest absolute Gasteiger partial charge is 0.139 e. The molecule has 1 aromatic carbocycles. The Hall–Kier alpha value is -2.05. The molecule has 0 radical (unpaired) electrons. The second-order valence-electron chi connectivity index (χ2n) is 5.58. The van der Waals surface area contributed by atoms with Crippen molar-refractivity contribution in [1.82, 2.24) is 15.0 Å². The lowest BCUT2D eigenvalue weighted by Crippen LogP contribution is -2.18. The van der Waals surface area contributed by atoms with Crippen LogP contribution in [0.2, 0.25) is 0 Å². The van der Waals surface area contributed by atoms with Crippen molar-refractivity contribution >= 4 is 28.1 Å². The van der Waals surface area contributed by atoms with E-state index >= 15 is 0 Å². The van der Waals surface area contributed by atoms with Gasteiger partial charge in [-0.05, 0) is 25.5 Å². The lowest BCUT2D eigenvalue weighted by Gasteiger charge is -2.18. The number of thiazole rings is 1. The molecule has 0 aliphatic carbocycles. The molecule has 6 heteroatoms. The summed E-state index contributed by atoms with van der Waals surface area (Å²) in [6.07, 6.45) is 1.65. The van der Waals surface area contributed by atoms with Gasteiger partial charge in [0.1, 0.15) is 23.3 Å². The van der Waals surface area contributed by atoms with Crippen LogP contribution in [0.3, 0.4) is 0 Å². The predicted molar refractivity (Wildman–Crippen MR) is 93.9 cm³/mol. The lowest BCUT2D eigenvalue weighted by atomic mass is 10.1. The molecule has 0 bridgehead atoms. The minimum atomic E-state index is 0.0292. The first-order valence-corrected chi connectivity index (χ1v) is 8.36. The van der Waals surface area contributed by atoms with Gasteiger partial charge >= 0.3 is 0 Å². The lowest BCUT2D eigenvalue weighted by molar-refractivity contribution is 0.119. The van der Waals surface area contributed by atoms with Crippen molar-refractivity contribution in [2.45, 2.75) is 26.5 Å². The Balaban J connectivity index is 1.88. The Morgan fingerprint density at radius 3 is 2.91 bits per heavy atom. The van der Waals surface area contributed by atoms with Gasteiger partial charge in [0.25, 0.3) is 0 Å². The monoisotopic (exact) mass is 328 g/mol. The fourth-order valence-corrected chi connectivity index (χ4v) is 3.37. The average Bonchev–Trinajstić information content (AvgIpc) is 3.02. The summed E-state index contributed by atoms with van der Waals surface area (Å²) in [7, 11) is 3.73. The minimum Gasteiger partial charge on any atom is -0.375 e. The largest absolute Gasteiger partial charge is 0.375 e. The maximum absolute atomic E-state index is 5.32. The fraction of sp³-hybridized carbons (Fsp3) is 0.353. The number of nitrogens with zero attached hydrogens (tertiary/aromatic N) is 4. The molecule has 23 heavy (non-hydrogen) atoms. The normalized spacial score (nSPS) is 12.5. The Labute approximate surface area is 140 Å². The van der Waals surface area contributed by atoms with Crippen LogP contribution in [0.1, 0.15) is 29.3 Å². The first-order valence-electron chi connectivity index (χ1n) is 7.48. The molecule has 2 heterocycles. The molecule has 3 aromatic rings. The van der Waals surface area contributed by atoms with Crippen LogP contribution < -0.4 is 4.90 Å². The van der Waals surface area contributed by atoms with Gasteiger partial charge in [0.2, 0.25) is 0 Å². The van der Waals surface area contributed by atoms with Crippen molar-refractivity contribution in [3.05, 3.63) is 46.2 Å². The number of ether oxygens (including phenoxy) is 1. The third-order valence-electron chi connectivity index (χ3n) is 3.88. The van der Waals surface area contributed by atoms with Gasteiger partial charge in [-0.25, -0.2) is 15.0 Å². The van der Waals surface area contributed by atoms with Crippen LogP contribution in [0.4, 0.5) is 5.82 Å². The molecule has 0 N–H and O–H groups in total. The van der Waals surface area contributed by atoms with Crippen LogP contribution in [0.15, 0.2) is 29.9 Å². The van der Waals surface area contributed by atoms with Gasteiger partial charge in [0.15, 0.2) is 0 Å². The summed E-state index contributed by atoms with van der Waals surface area (Å²) in [6.45, 7) is 4.78. The molecule has 0 fully saturated rings. The van der Waals surface area contributed by atoms with E-state index in [1.165, 1.54) is 0 Å². The summed E-state index contributed by atoms with van der Waals surface area (Å²) in [5.41, 5.74) is 3.18. The average molecular weight is 328 g/mol. The van der Waals surface area contributed by atoms with Crippen molar-refractivity contribution in [1.29, 1.82) is 0 Å². The van der Waals surface area contributed by atoms with E-state index < -0.39 is 0 Å². The topological polar surface area (TPSA) is 51.1 Å². The summed E-state index contributed by atoms with van der Waals surface area (Å²) in [4.78, 5) is 15.6. The molecule has 0 saturated carbocycles. The van der Waals surface area contributed by atoms with Crippen LogP contribution in [0.25, 0.3) is 10.9 Å². The third-order valence-corrected chi connectivity index (χ3v) is 4.93. The van der Waals surface area contributed by atoms with Crippen molar-refractivity contribution in [3.63, 3.8) is 0 Å². The molecule has 0 aliphatic heterocycles. The number of benzene rings is 1. The number of methoxy groups -OCH3 is 1.